The van der Waals surface area contributed by atoms with Crippen LogP contribution in [0.3, 0.4) is 0 Å². The number of nitrogens with zero attached hydrogens (tertiary/aromatic N) is 5. The van der Waals surface area contributed by atoms with Crippen molar-refractivity contribution in [1.82, 2.24) is 0 Å². The van der Waals surface area contributed by atoms with Crippen LogP contribution in [0, 0.1) is 0 Å². The lowest BCUT2D eigenvalue weighted by atomic mass is 9.33. The van der Waals surface area contributed by atoms with Crippen LogP contribution < -0.4 is 57.3 Å². The van der Waals surface area contributed by atoms with E-state index in [4.69, 9.17) is 0 Å². The molecule has 17 rings (SSSR count). The predicted molar refractivity (Wildman–Crippen MR) is 306 cm³/mol. The Bertz CT molecular complexity index is 3810. The molecule has 1 aliphatic carbocycles. The first-order chi connectivity index (χ1) is 36.3. The fourth-order valence-corrected chi connectivity index (χ4v) is 15.1. The van der Waals surface area contributed by atoms with Crippen molar-refractivity contribution in [3.63, 3.8) is 0 Å². The van der Waals surface area contributed by atoms with Crippen molar-refractivity contribution in [2.75, 3.05) is 24.5 Å². The normalized spacial score (nSPS) is 18.5. The Kier molecular flexibility index (Phi) is 8.18. The molecule has 0 amide bonds. The van der Waals surface area contributed by atoms with Crippen LogP contribution in [0.1, 0.15) is 42.2 Å². The van der Waals surface area contributed by atoms with Crippen LogP contribution in [0.15, 0.2) is 231 Å². The molecule has 10 aromatic carbocycles. The molecule has 0 radical (unpaired) electrons. The van der Waals surface area contributed by atoms with Crippen LogP contribution in [0.2, 0.25) is 0 Å². The number of para-hydroxylation sites is 6. The van der Waals surface area contributed by atoms with Crippen LogP contribution in [0.5, 0.6) is 0 Å². The third-order valence-electron chi connectivity index (χ3n) is 17.6. The predicted octanol–water partition coefficient (Wildman–Crippen LogP) is 12.7. The lowest BCUT2D eigenvalue weighted by Gasteiger charge is -2.45. The summed E-state index contributed by atoms with van der Waals surface area (Å²) < 4.78 is 0. The smallest absolute Gasteiger partial charge is 0.252 e. The highest BCUT2D eigenvalue weighted by molar-refractivity contribution is 7.01. The van der Waals surface area contributed by atoms with Crippen molar-refractivity contribution >= 4 is 126 Å². The summed E-state index contributed by atoms with van der Waals surface area (Å²) in [6.07, 6.45) is 3.56. The fraction of sp³-hybridized carbons (Fsp3) is 0.0909. The van der Waals surface area contributed by atoms with E-state index in [2.05, 4.69) is 255 Å². The molecule has 3 unspecified atom stereocenters. The summed E-state index contributed by atoms with van der Waals surface area (Å²) in [4.78, 5) is 13.1. The number of hydrogen-bond acceptors (Lipinski definition) is 5. The highest BCUT2D eigenvalue weighted by Crippen LogP contribution is 2.64. The van der Waals surface area contributed by atoms with Crippen LogP contribution in [0.25, 0.3) is 0 Å². The topological polar surface area (TPSA) is 16.2 Å². The van der Waals surface area contributed by atoms with Crippen molar-refractivity contribution in [1.29, 1.82) is 0 Å². The van der Waals surface area contributed by atoms with E-state index in [-0.39, 0.29) is 13.4 Å². The SMILES string of the molecule is c1ccc(N2c3ccccc3B3c4cc5c(cc4N(c4ccccc4)c4cccc2c43)N2c3ccc4c(c3C3CCCC5C32)N(c2ccccc2)c2cccc3c2B4c2ccccc2N3c2ccccc2)cc1. The minimum atomic E-state index is 0.0809. The minimum Gasteiger partial charge on any atom is -0.337 e. The third kappa shape index (κ3) is 5.28. The quantitative estimate of drug-likeness (QED) is 0.163. The molecule has 10 aromatic rings. The average Bonchev–Trinajstić information content (AvgIpc) is 3.97. The van der Waals surface area contributed by atoms with Gasteiger partial charge in [0.15, 0.2) is 0 Å². The molecule has 3 atom stereocenters. The monoisotopic (exact) mass is 931 g/mol. The van der Waals surface area contributed by atoms with Crippen LogP contribution in [0.4, 0.5) is 79.6 Å². The molecule has 342 valence electrons. The zero-order chi connectivity index (χ0) is 47.5. The zero-order valence-corrected chi connectivity index (χ0v) is 40.2. The molecule has 0 saturated heterocycles. The van der Waals surface area contributed by atoms with Crippen molar-refractivity contribution in [2.24, 2.45) is 0 Å². The van der Waals surface area contributed by atoms with E-state index < -0.39 is 0 Å². The van der Waals surface area contributed by atoms with Gasteiger partial charge >= 0.3 is 0 Å². The lowest BCUT2D eigenvalue weighted by Crippen LogP contribution is -2.61. The molecular formula is C66H47B2N5. The van der Waals surface area contributed by atoms with E-state index in [1.807, 2.05) is 0 Å². The van der Waals surface area contributed by atoms with Gasteiger partial charge in [0, 0.05) is 103 Å². The molecule has 0 aromatic heterocycles. The number of benzene rings is 10. The second-order valence-electron chi connectivity index (χ2n) is 21.0. The Balaban J connectivity index is 0.898. The molecule has 6 heterocycles. The molecule has 1 fully saturated rings. The van der Waals surface area contributed by atoms with E-state index in [1.165, 1.54) is 143 Å². The summed E-state index contributed by atoms with van der Waals surface area (Å²) in [6.45, 7) is 0.162. The Morgan fingerprint density at radius 1 is 0.315 bits per heavy atom. The number of hydrogen-bond donors (Lipinski definition) is 0. The Labute approximate surface area is 427 Å². The molecule has 5 nitrogen and oxygen atoms in total. The van der Waals surface area contributed by atoms with Crippen LogP contribution in [-0.2, 0) is 0 Å². The van der Waals surface area contributed by atoms with Crippen molar-refractivity contribution in [3.8, 4) is 0 Å². The maximum Gasteiger partial charge on any atom is 0.252 e. The van der Waals surface area contributed by atoms with Gasteiger partial charge in [-0.05, 0) is 148 Å². The standard InChI is InChI=1S/C66H47B2N5/c1-5-20-42(21-6-1)69-53-32-15-13-30-49(53)67-51-38-39-55-62(66(51)72(45-26-11-4-12-27-45)59-37-19-35-57(69)64(59)67)47-29-17-28-46-48-40-52-61(41-60(48)73(55)65(46)47)71(44-24-9-3-10-25-44)58-36-18-34-56-63(58)68(52)50-31-14-16-33-54(50)70(56)43-22-7-2-8-23-43/h1-16,18-27,30-41,46-47,65H,17,28-29H2. The van der Waals surface area contributed by atoms with Crippen molar-refractivity contribution in [3.05, 3.63) is 242 Å². The van der Waals surface area contributed by atoms with E-state index in [1.54, 1.807) is 0 Å². The van der Waals surface area contributed by atoms with Crippen LogP contribution in [-0.4, -0.2) is 19.5 Å². The molecule has 7 aliphatic rings. The summed E-state index contributed by atoms with van der Waals surface area (Å²) in [6, 6.07) is 87.3. The summed E-state index contributed by atoms with van der Waals surface area (Å²) in [5.41, 5.74) is 29.0. The first-order valence-electron chi connectivity index (χ1n) is 26.3. The average molecular weight is 932 g/mol. The molecule has 0 spiro atoms. The summed E-state index contributed by atoms with van der Waals surface area (Å²) in [5.74, 6) is 0.777. The zero-order valence-electron chi connectivity index (χ0n) is 40.2. The van der Waals surface area contributed by atoms with Crippen LogP contribution >= 0.6 is 0 Å². The largest absolute Gasteiger partial charge is 0.337 e. The molecule has 1 saturated carbocycles. The Morgan fingerprint density at radius 3 is 1.30 bits per heavy atom. The highest BCUT2D eigenvalue weighted by atomic mass is 15.3. The molecule has 7 heteroatoms. The van der Waals surface area contributed by atoms with Gasteiger partial charge in [0.25, 0.3) is 13.4 Å². The van der Waals surface area contributed by atoms with Crippen molar-refractivity contribution < 1.29 is 0 Å². The van der Waals surface area contributed by atoms with Gasteiger partial charge in [-0.3, -0.25) is 0 Å². The fourth-order valence-electron chi connectivity index (χ4n) is 15.1. The Morgan fingerprint density at radius 2 is 0.753 bits per heavy atom. The summed E-state index contributed by atoms with van der Waals surface area (Å²) >= 11 is 0. The van der Waals surface area contributed by atoms with Gasteiger partial charge in [0.2, 0.25) is 0 Å². The third-order valence-corrected chi connectivity index (χ3v) is 17.6. The molecular weight excluding hydrogens is 884 g/mol. The van der Waals surface area contributed by atoms with Crippen molar-refractivity contribution in [2.45, 2.75) is 37.1 Å². The van der Waals surface area contributed by atoms with Gasteiger partial charge in [0.1, 0.15) is 0 Å². The summed E-state index contributed by atoms with van der Waals surface area (Å²) in [5, 5.41) is 0. The maximum absolute atomic E-state index is 2.84. The molecule has 73 heavy (non-hydrogen) atoms. The molecule has 0 N–H and O–H groups in total. The van der Waals surface area contributed by atoms with Gasteiger partial charge in [-0.1, -0.05) is 140 Å². The van der Waals surface area contributed by atoms with E-state index in [0.717, 1.165) is 0 Å². The first-order valence-corrected chi connectivity index (χ1v) is 26.3. The second-order valence-corrected chi connectivity index (χ2v) is 21.0. The highest BCUT2D eigenvalue weighted by Gasteiger charge is 2.56. The van der Waals surface area contributed by atoms with E-state index in [0.29, 0.717) is 17.9 Å². The number of rotatable bonds is 4. The minimum absolute atomic E-state index is 0.0809. The lowest BCUT2D eigenvalue weighted by molar-refractivity contribution is 0.371. The van der Waals surface area contributed by atoms with Gasteiger partial charge in [0.05, 0.1) is 0 Å². The first kappa shape index (κ1) is 40.0. The summed E-state index contributed by atoms with van der Waals surface area (Å²) in [7, 11) is 0. The Hall–Kier alpha value is -8.67. The van der Waals surface area contributed by atoms with E-state index in [9.17, 15) is 0 Å². The second kappa shape index (κ2) is 14.9. The van der Waals surface area contributed by atoms with E-state index >= 15 is 0 Å². The number of fused-ring (bicyclic) bond motifs is 15. The van der Waals surface area contributed by atoms with Gasteiger partial charge in [-0.2, -0.15) is 0 Å². The number of anilines is 14. The van der Waals surface area contributed by atoms with Gasteiger partial charge < -0.3 is 24.5 Å². The molecule has 6 aliphatic heterocycles. The molecule has 0 bridgehead atoms. The van der Waals surface area contributed by atoms with Gasteiger partial charge in [-0.15, -0.1) is 0 Å². The maximum atomic E-state index is 2.84. The van der Waals surface area contributed by atoms with Gasteiger partial charge in [-0.25, -0.2) is 0 Å².